The van der Waals surface area contributed by atoms with Crippen LogP contribution in [0.1, 0.15) is 25.7 Å². The van der Waals surface area contributed by atoms with Crippen molar-refractivity contribution in [1.82, 2.24) is 0 Å². The number of para-hydroxylation sites is 1. The van der Waals surface area contributed by atoms with Crippen LogP contribution in [0.3, 0.4) is 0 Å². The van der Waals surface area contributed by atoms with Gasteiger partial charge in [-0.3, -0.25) is 9.59 Å². The SMILES string of the molecule is O=C(O)C1CCCCC1C(=O)Nc1ccccc1Br. The molecule has 1 amide bonds. The summed E-state index contributed by atoms with van der Waals surface area (Å²) in [6, 6.07) is 7.32. The minimum atomic E-state index is -0.869. The van der Waals surface area contributed by atoms with Gasteiger partial charge in [0.15, 0.2) is 0 Å². The third-order valence-corrected chi connectivity index (χ3v) is 4.24. The zero-order valence-corrected chi connectivity index (χ0v) is 12.0. The smallest absolute Gasteiger partial charge is 0.307 e. The van der Waals surface area contributed by atoms with E-state index < -0.39 is 17.8 Å². The van der Waals surface area contributed by atoms with Crippen molar-refractivity contribution >= 4 is 33.5 Å². The maximum Gasteiger partial charge on any atom is 0.307 e. The molecular weight excluding hydrogens is 310 g/mol. The van der Waals surface area contributed by atoms with E-state index in [1.54, 1.807) is 6.07 Å². The number of aliphatic carboxylic acids is 1. The van der Waals surface area contributed by atoms with Crippen molar-refractivity contribution in [3.63, 3.8) is 0 Å². The molecule has 0 spiro atoms. The Bertz CT molecular complexity index is 489. The Kier molecular flexibility index (Phi) is 4.58. The minimum Gasteiger partial charge on any atom is -0.481 e. The molecule has 19 heavy (non-hydrogen) atoms. The van der Waals surface area contributed by atoms with E-state index in [2.05, 4.69) is 21.2 Å². The van der Waals surface area contributed by atoms with Crippen molar-refractivity contribution in [3.8, 4) is 0 Å². The first-order valence-electron chi connectivity index (χ1n) is 6.38. The molecule has 2 unspecified atom stereocenters. The number of amides is 1. The Morgan fingerprint density at radius 3 is 2.42 bits per heavy atom. The number of anilines is 1. The molecule has 2 N–H and O–H groups in total. The van der Waals surface area contributed by atoms with Gasteiger partial charge in [0.05, 0.1) is 17.5 Å². The second kappa shape index (κ2) is 6.19. The summed E-state index contributed by atoms with van der Waals surface area (Å²) >= 11 is 3.36. The second-order valence-electron chi connectivity index (χ2n) is 4.80. The van der Waals surface area contributed by atoms with Crippen molar-refractivity contribution < 1.29 is 14.7 Å². The Labute approximate surface area is 120 Å². The lowest BCUT2D eigenvalue weighted by Crippen LogP contribution is -2.36. The zero-order valence-electron chi connectivity index (χ0n) is 10.4. The summed E-state index contributed by atoms with van der Waals surface area (Å²) in [6.07, 6.45) is 3.03. The molecule has 0 saturated heterocycles. The van der Waals surface area contributed by atoms with Gasteiger partial charge in [-0.15, -0.1) is 0 Å². The van der Waals surface area contributed by atoms with Crippen LogP contribution in [0.15, 0.2) is 28.7 Å². The number of carboxylic acids is 1. The van der Waals surface area contributed by atoms with Crippen LogP contribution < -0.4 is 5.32 Å². The van der Waals surface area contributed by atoms with Crippen LogP contribution in [-0.2, 0) is 9.59 Å². The molecular formula is C14H16BrNO3. The van der Waals surface area contributed by atoms with E-state index in [9.17, 15) is 14.7 Å². The van der Waals surface area contributed by atoms with Gasteiger partial charge in [0.25, 0.3) is 0 Å². The molecule has 0 aromatic heterocycles. The summed E-state index contributed by atoms with van der Waals surface area (Å²) in [6.45, 7) is 0. The van der Waals surface area contributed by atoms with Crippen LogP contribution in [0, 0.1) is 11.8 Å². The molecule has 1 aromatic carbocycles. The largest absolute Gasteiger partial charge is 0.481 e. The topological polar surface area (TPSA) is 66.4 Å². The fourth-order valence-electron chi connectivity index (χ4n) is 2.53. The van der Waals surface area contributed by atoms with Crippen molar-refractivity contribution in [2.75, 3.05) is 5.32 Å². The molecule has 2 rings (SSSR count). The first kappa shape index (κ1) is 14.1. The van der Waals surface area contributed by atoms with Crippen molar-refractivity contribution in [3.05, 3.63) is 28.7 Å². The molecule has 1 aromatic rings. The van der Waals surface area contributed by atoms with Gasteiger partial charge in [0, 0.05) is 4.47 Å². The number of carbonyl (C=O) groups is 2. The predicted octanol–water partition coefficient (Wildman–Crippen LogP) is 3.28. The average molecular weight is 326 g/mol. The van der Waals surface area contributed by atoms with Crippen LogP contribution in [0.25, 0.3) is 0 Å². The molecule has 4 nitrogen and oxygen atoms in total. The molecule has 0 radical (unpaired) electrons. The van der Waals surface area contributed by atoms with E-state index in [4.69, 9.17) is 0 Å². The molecule has 2 atom stereocenters. The molecule has 102 valence electrons. The van der Waals surface area contributed by atoms with Gasteiger partial charge in [0.1, 0.15) is 0 Å². The highest BCUT2D eigenvalue weighted by atomic mass is 79.9. The molecule has 1 fully saturated rings. The molecule has 5 heteroatoms. The quantitative estimate of drug-likeness (QED) is 0.896. The summed E-state index contributed by atoms with van der Waals surface area (Å²) in [5.74, 6) is -2.06. The fraction of sp³-hybridized carbons (Fsp3) is 0.429. The monoisotopic (exact) mass is 325 g/mol. The molecule has 0 aliphatic heterocycles. The summed E-state index contributed by atoms with van der Waals surface area (Å²) in [5, 5.41) is 12.0. The summed E-state index contributed by atoms with van der Waals surface area (Å²) in [4.78, 5) is 23.4. The Morgan fingerprint density at radius 1 is 1.16 bits per heavy atom. The van der Waals surface area contributed by atoms with Gasteiger partial charge in [-0.25, -0.2) is 0 Å². The highest BCUT2D eigenvalue weighted by Crippen LogP contribution is 2.32. The number of carbonyl (C=O) groups excluding carboxylic acids is 1. The van der Waals surface area contributed by atoms with Crippen LogP contribution in [0.4, 0.5) is 5.69 Å². The molecule has 0 bridgehead atoms. The zero-order chi connectivity index (χ0) is 13.8. The van der Waals surface area contributed by atoms with Gasteiger partial charge in [0.2, 0.25) is 5.91 Å². The van der Waals surface area contributed by atoms with E-state index in [1.807, 2.05) is 18.2 Å². The van der Waals surface area contributed by atoms with E-state index in [0.717, 1.165) is 17.3 Å². The number of nitrogens with one attached hydrogen (secondary N) is 1. The number of rotatable bonds is 3. The fourth-order valence-corrected chi connectivity index (χ4v) is 2.91. The van der Waals surface area contributed by atoms with Crippen LogP contribution in [-0.4, -0.2) is 17.0 Å². The maximum atomic E-state index is 12.2. The molecule has 1 aliphatic rings. The lowest BCUT2D eigenvalue weighted by molar-refractivity contribution is -0.147. The van der Waals surface area contributed by atoms with Crippen molar-refractivity contribution in [2.45, 2.75) is 25.7 Å². The van der Waals surface area contributed by atoms with E-state index in [-0.39, 0.29) is 5.91 Å². The van der Waals surface area contributed by atoms with Crippen LogP contribution >= 0.6 is 15.9 Å². The molecule has 0 heterocycles. The Morgan fingerprint density at radius 2 is 1.79 bits per heavy atom. The molecule has 1 saturated carbocycles. The summed E-state index contributed by atoms with van der Waals surface area (Å²) in [7, 11) is 0. The Balaban J connectivity index is 2.10. The maximum absolute atomic E-state index is 12.2. The Hall–Kier alpha value is -1.36. The molecule has 1 aliphatic carbocycles. The number of hydrogen-bond donors (Lipinski definition) is 2. The second-order valence-corrected chi connectivity index (χ2v) is 5.66. The number of hydrogen-bond acceptors (Lipinski definition) is 2. The summed E-state index contributed by atoms with van der Waals surface area (Å²) in [5.41, 5.74) is 0.683. The van der Waals surface area contributed by atoms with Crippen molar-refractivity contribution in [2.24, 2.45) is 11.8 Å². The van der Waals surface area contributed by atoms with E-state index in [0.29, 0.717) is 18.5 Å². The van der Waals surface area contributed by atoms with Gasteiger partial charge in [-0.1, -0.05) is 25.0 Å². The predicted molar refractivity (Wildman–Crippen MR) is 75.9 cm³/mol. The lowest BCUT2D eigenvalue weighted by Gasteiger charge is -2.27. The van der Waals surface area contributed by atoms with Crippen LogP contribution in [0.2, 0.25) is 0 Å². The van der Waals surface area contributed by atoms with Gasteiger partial charge in [-0.2, -0.15) is 0 Å². The van der Waals surface area contributed by atoms with E-state index >= 15 is 0 Å². The van der Waals surface area contributed by atoms with Crippen LogP contribution in [0.5, 0.6) is 0 Å². The lowest BCUT2D eigenvalue weighted by atomic mass is 9.78. The van der Waals surface area contributed by atoms with Gasteiger partial charge in [-0.05, 0) is 40.9 Å². The van der Waals surface area contributed by atoms with E-state index in [1.165, 1.54) is 0 Å². The first-order chi connectivity index (χ1) is 9.09. The standard InChI is InChI=1S/C14H16BrNO3/c15-11-7-3-4-8-12(11)16-13(17)9-5-1-2-6-10(9)14(18)19/h3-4,7-10H,1-2,5-6H2,(H,16,17)(H,18,19). The third kappa shape index (κ3) is 3.35. The first-order valence-corrected chi connectivity index (χ1v) is 7.17. The van der Waals surface area contributed by atoms with Gasteiger partial charge >= 0.3 is 5.97 Å². The highest BCUT2D eigenvalue weighted by molar-refractivity contribution is 9.10. The number of halogens is 1. The normalized spacial score (nSPS) is 22.8. The number of benzene rings is 1. The number of carboxylic acid groups (broad SMARTS) is 1. The van der Waals surface area contributed by atoms with Gasteiger partial charge < -0.3 is 10.4 Å². The highest BCUT2D eigenvalue weighted by Gasteiger charge is 2.35. The third-order valence-electron chi connectivity index (χ3n) is 3.55. The minimum absolute atomic E-state index is 0.195. The average Bonchev–Trinajstić information content (AvgIpc) is 2.41. The summed E-state index contributed by atoms with van der Waals surface area (Å²) < 4.78 is 0.797. The van der Waals surface area contributed by atoms with Crippen molar-refractivity contribution in [1.29, 1.82) is 0 Å².